The van der Waals surface area contributed by atoms with Gasteiger partial charge in [0.25, 0.3) is 5.91 Å². The molecule has 2 atom stereocenters. The Labute approximate surface area is 106 Å². The van der Waals surface area contributed by atoms with Gasteiger partial charge in [0.05, 0.1) is 25.9 Å². The molecule has 1 aliphatic rings. The van der Waals surface area contributed by atoms with E-state index in [9.17, 15) is 4.79 Å². The largest absolute Gasteiger partial charge is 0.394 e. The number of nitrogens with one attached hydrogen (secondary N) is 1. The van der Waals surface area contributed by atoms with Gasteiger partial charge < -0.3 is 19.9 Å². The third-order valence-corrected chi connectivity index (χ3v) is 2.74. The molecule has 98 valence electrons. The van der Waals surface area contributed by atoms with Gasteiger partial charge in [0.1, 0.15) is 0 Å². The van der Waals surface area contributed by atoms with Crippen molar-refractivity contribution >= 4 is 5.91 Å². The van der Waals surface area contributed by atoms with Crippen LogP contribution in [0.2, 0.25) is 0 Å². The highest BCUT2D eigenvalue weighted by molar-refractivity contribution is 5.81. The minimum absolute atomic E-state index is 0.102. The smallest absolute Gasteiger partial charge is 0.251 e. The molecule has 1 aromatic rings. The van der Waals surface area contributed by atoms with E-state index in [2.05, 4.69) is 5.32 Å². The molecule has 0 bridgehead atoms. The Kier molecular flexibility index (Phi) is 4.69. The van der Waals surface area contributed by atoms with E-state index in [0.717, 1.165) is 5.56 Å². The summed E-state index contributed by atoms with van der Waals surface area (Å²) in [6.07, 6.45) is -0.979. The summed E-state index contributed by atoms with van der Waals surface area (Å²) in [6.45, 7) is 0.884. The fourth-order valence-corrected chi connectivity index (χ4v) is 1.75. The highest BCUT2D eigenvalue weighted by Gasteiger charge is 2.28. The second-order valence-electron chi connectivity index (χ2n) is 4.18. The number of hydrogen-bond acceptors (Lipinski definition) is 4. The van der Waals surface area contributed by atoms with Crippen molar-refractivity contribution in [2.24, 2.45) is 0 Å². The van der Waals surface area contributed by atoms with Gasteiger partial charge in [-0.15, -0.1) is 0 Å². The van der Waals surface area contributed by atoms with Crippen molar-refractivity contribution in [3.05, 3.63) is 35.9 Å². The quantitative estimate of drug-likeness (QED) is 0.777. The number of hydrogen-bond donors (Lipinski definition) is 2. The van der Waals surface area contributed by atoms with E-state index in [4.69, 9.17) is 14.6 Å². The van der Waals surface area contributed by atoms with Crippen LogP contribution in [0.3, 0.4) is 0 Å². The van der Waals surface area contributed by atoms with E-state index in [1.54, 1.807) is 0 Å². The Hall–Kier alpha value is -1.43. The van der Waals surface area contributed by atoms with Gasteiger partial charge in [-0.3, -0.25) is 4.79 Å². The molecule has 1 aromatic carbocycles. The van der Waals surface area contributed by atoms with Crippen molar-refractivity contribution in [2.75, 3.05) is 19.8 Å². The minimum Gasteiger partial charge on any atom is -0.394 e. The first-order chi connectivity index (χ1) is 8.79. The monoisotopic (exact) mass is 251 g/mol. The maximum atomic E-state index is 11.5. The van der Waals surface area contributed by atoms with Gasteiger partial charge in [0.2, 0.25) is 0 Å². The topological polar surface area (TPSA) is 67.8 Å². The van der Waals surface area contributed by atoms with Crippen LogP contribution in [0.1, 0.15) is 5.56 Å². The summed E-state index contributed by atoms with van der Waals surface area (Å²) in [5.41, 5.74) is 1.05. The average Bonchev–Trinajstić information content (AvgIpc) is 2.42. The number of carbonyl (C=O) groups excluding carboxylic acids is 1. The summed E-state index contributed by atoms with van der Waals surface area (Å²) in [6, 6.07) is 9.72. The van der Waals surface area contributed by atoms with Crippen molar-refractivity contribution < 1.29 is 19.4 Å². The summed E-state index contributed by atoms with van der Waals surface area (Å²) < 4.78 is 10.9. The highest BCUT2D eigenvalue weighted by atomic mass is 16.5. The first-order valence-electron chi connectivity index (χ1n) is 5.95. The number of aliphatic hydroxyl groups is 1. The van der Waals surface area contributed by atoms with Gasteiger partial charge in [0.15, 0.2) is 6.10 Å². The summed E-state index contributed by atoms with van der Waals surface area (Å²) in [4.78, 5) is 11.5. The van der Waals surface area contributed by atoms with Gasteiger partial charge in [-0.25, -0.2) is 0 Å². The van der Waals surface area contributed by atoms with Gasteiger partial charge in [-0.1, -0.05) is 30.3 Å². The Morgan fingerprint density at radius 3 is 2.89 bits per heavy atom. The van der Waals surface area contributed by atoms with E-state index < -0.39 is 6.10 Å². The fraction of sp³-hybridized carbons (Fsp3) is 0.462. The summed E-state index contributed by atoms with van der Waals surface area (Å²) in [5.74, 6) is -0.187. The second kappa shape index (κ2) is 6.49. The van der Waals surface area contributed by atoms with E-state index in [-0.39, 0.29) is 25.2 Å². The van der Waals surface area contributed by atoms with Gasteiger partial charge in [0, 0.05) is 6.54 Å². The van der Waals surface area contributed by atoms with Crippen molar-refractivity contribution in [1.82, 2.24) is 5.32 Å². The Morgan fingerprint density at radius 1 is 1.39 bits per heavy atom. The van der Waals surface area contributed by atoms with Crippen molar-refractivity contribution in [3.8, 4) is 0 Å². The van der Waals surface area contributed by atoms with Crippen molar-refractivity contribution in [1.29, 1.82) is 0 Å². The molecule has 18 heavy (non-hydrogen) atoms. The lowest BCUT2D eigenvalue weighted by Gasteiger charge is -2.28. The summed E-state index contributed by atoms with van der Waals surface area (Å²) >= 11 is 0. The molecule has 1 aliphatic heterocycles. The van der Waals surface area contributed by atoms with Crippen LogP contribution in [0.25, 0.3) is 0 Å². The van der Waals surface area contributed by atoms with E-state index in [1.165, 1.54) is 0 Å². The molecule has 1 saturated heterocycles. The molecule has 1 fully saturated rings. The van der Waals surface area contributed by atoms with Crippen molar-refractivity contribution in [3.63, 3.8) is 0 Å². The van der Waals surface area contributed by atoms with Gasteiger partial charge >= 0.3 is 0 Å². The van der Waals surface area contributed by atoms with E-state index in [1.807, 2.05) is 30.3 Å². The predicted octanol–water partition coefficient (Wildman–Crippen LogP) is 0.0791. The van der Waals surface area contributed by atoms with Crippen LogP contribution < -0.4 is 5.32 Å². The molecule has 0 aliphatic carbocycles. The molecule has 0 saturated carbocycles. The Balaban J connectivity index is 1.77. The van der Waals surface area contributed by atoms with Crippen LogP contribution >= 0.6 is 0 Å². The molecule has 1 unspecified atom stereocenters. The molecule has 0 aromatic heterocycles. The molecule has 1 amide bonds. The number of aliphatic hydroxyl groups excluding tert-OH is 1. The maximum Gasteiger partial charge on any atom is 0.251 e. The van der Waals surface area contributed by atoms with E-state index >= 15 is 0 Å². The fourth-order valence-electron chi connectivity index (χ4n) is 1.75. The molecule has 5 nitrogen and oxygen atoms in total. The Morgan fingerprint density at radius 2 is 2.17 bits per heavy atom. The zero-order chi connectivity index (χ0) is 12.8. The molecule has 2 rings (SSSR count). The van der Waals surface area contributed by atoms with Crippen molar-refractivity contribution in [2.45, 2.75) is 18.8 Å². The SMILES string of the molecule is O=C1NC[C@H](CO)OC1COCc1ccccc1. The zero-order valence-corrected chi connectivity index (χ0v) is 10.0. The number of carbonyl (C=O) groups is 1. The molecular formula is C13H17NO4. The van der Waals surface area contributed by atoms with Crippen LogP contribution in [0.4, 0.5) is 0 Å². The average molecular weight is 251 g/mol. The minimum atomic E-state index is -0.639. The molecule has 0 spiro atoms. The lowest BCUT2D eigenvalue weighted by molar-refractivity contribution is -0.154. The second-order valence-corrected chi connectivity index (χ2v) is 4.18. The third kappa shape index (κ3) is 3.53. The zero-order valence-electron chi connectivity index (χ0n) is 10.0. The molecule has 5 heteroatoms. The highest BCUT2D eigenvalue weighted by Crippen LogP contribution is 2.07. The standard InChI is InChI=1S/C13H17NO4/c15-7-11-6-14-13(16)12(18-11)9-17-8-10-4-2-1-3-5-10/h1-5,11-12,15H,6-9H2,(H,14,16)/t11-,12?/m1/s1. The lowest BCUT2D eigenvalue weighted by Crippen LogP contribution is -2.52. The van der Waals surface area contributed by atoms with Crippen LogP contribution in [-0.4, -0.2) is 43.0 Å². The van der Waals surface area contributed by atoms with Gasteiger partial charge in [-0.2, -0.15) is 0 Å². The normalized spacial score (nSPS) is 23.7. The third-order valence-electron chi connectivity index (χ3n) is 2.74. The lowest BCUT2D eigenvalue weighted by atomic mass is 10.2. The summed E-state index contributed by atoms with van der Waals surface area (Å²) in [5, 5.41) is 11.7. The van der Waals surface area contributed by atoms with E-state index in [0.29, 0.717) is 13.2 Å². The molecule has 2 N–H and O–H groups in total. The molecular weight excluding hydrogens is 234 g/mol. The first-order valence-corrected chi connectivity index (χ1v) is 5.95. The van der Waals surface area contributed by atoms with Crippen LogP contribution in [-0.2, 0) is 20.9 Å². The van der Waals surface area contributed by atoms with Gasteiger partial charge in [-0.05, 0) is 5.56 Å². The van der Waals surface area contributed by atoms with Crippen LogP contribution in [0.5, 0.6) is 0 Å². The molecule has 1 heterocycles. The Bertz CT molecular complexity index is 382. The first kappa shape index (κ1) is 13.0. The number of morpholine rings is 1. The predicted molar refractivity (Wildman–Crippen MR) is 64.9 cm³/mol. The maximum absolute atomic E-state index is 11.5. The number of benzene rings is 1. The molecule has 0 radical (unpaired) electrons. The number of ether oxygens (including phenoxy) is 2. The summed E-state index contributed by atoms with van der Waals surface area (Å²) in [7, 11) is 0. The number of amides is 1. The van der Waals surface area contributed by atoms with Crippen LogP contribution in [0.15, 0.2) is 30.3 Å². The van der Waals surface area contributed by atoms with Crippen LogP contribution in [0, 0.1) is 0 Å². The number of rotatable bonds is 5.